The van der Waals surface area contributed by atoms with Gasteiger partial charge in [-0.25, -0.2) is 15.0 Å². The summed E-state index contributed by atoms with van der Waals surface area (Å²) in [5.41, 5.74) is 8.90. The molecule has 0 fully saturated rings. The SMILES string of the molecule is c1ccc(-c2cc(-c3ccc4ccccc4n3)nc(-c3ccc(-n4c5ccccc5c5cc6ccccc6cc54)c4ccccc34)n2)cc1. The lowest BCUT2D eigenvalue weighted by Gasteiger charge is -2.15. The van der Waals surface area contributed by atoms with Crippen LogP contribution >= 0.6 is 0 Å². The van der Waals surface area contributed by atoms with Gasteiger partial charge >= 0.3 is 0 Å². The fraction of sp³-hybridized carbons (Fsp3) is 0. The second kappa shape index (κ2) is 11.0. The van der Waals surface area contributed by atoms with Gasteiger partial charge in [0, 0.05) is 32.7 Å². The van der Waals surface area contributed by atoms with Crippen molar-refractivity contribution in [1.82, 2.24) is 19.5 Å². The summed E-state index contributed by atoms with van der Waals surface area (Å²) in [5, 5.41) is 8.27. The molecule has 3 aromatic heterocycles. The first kappa shape index (κ1) is 27.5. The maximum Gasteiger partial charge on any atom is 0.161 e. The van der Waals surface area contributed by atoms with E-state index in [4.69, 9.17) is 15.0 Å². The van der Waals surface area contributed by atoms with Gasteiger partial charge in [0.1, 0.15) is 0 Å². The Morgan fingerprint density at radius 3 is 1.90 bits per heavy atom. The monoisotopic (exact) mass is 624 g/mol. The molecule has 0 aliphatic carbocycles. The number of fused-ring (bicyclic) bond motifs is 6. The molecule has 0 spiro atoms. The van der Waals surface area contributed by atoms with E-state index in [1.54, 1.807) is 0 Å². The van der Waals surface area contributed by atoms with Gasteiger partial charge in [0.15, 0.2) is 5.82 Å². The van der Waals surface area contributed by atoms with Crippen LogP contribution in [-0.2, 0) is 0 Å². The molecule has 0 atom stereocenters. The van der Waals surface area contributed by atoms with E-state index >= 15 is 0 Å². The minimum Gasteiger partial charge on any atom is -0.309 e. The Morgan fingerprint density at radius 2 is 1.04 bits per heavy atom. The van der Waals surface area contributed by atoms with Crippen molar-refractivity contribution in [1.29, 1.82) is 0 Å². The van der Waals surface area contributed by atoms with Crippen LogP contribution in [0.4, 0.5) is 0 Å². The Labute approximate surface area is 282 Å². The summed E-state index contributed by atoms with van der Waals surface area (Å²) in [7, 11) is 0. The maximum atomic E-state index is 5.20. The zero-order chi connectivity index (χ0) is 32.3. The normalized spacial score (nSPS) is 11.7. The number of hydrogen-bond donors (Lipinski definition) is 0. The molecule has 0 bridgehead atoms. The van der Waals surface area contributed by atoms with Gasteiger partial charge in [-0.2, -0.15) is 0 Å². The molecule has 228 valence electrons. The summed E-state index contributed by atoms with van der Waals surface area (Å²) < 4.78 is 2.41. The van der Waals surface area contributed by atoms with Crippen LogP contribution in [0.3, 0.4) is 0 Å². The molecule has 0 saturated carbocycles. The average molecular weight is 625 g/mol. The molecule has 0 amide bonds. The zero-order valence-electron chi connectivity index (χ0n) is 26.5. The molecule has 0 unspecified atom stereocenters. The molecule has 0 aliphatic rings. The molecular formula is C45H28N4. The van der Waals surface area contributed by atoms with E-state index < -0.39 is 0 Å². The number of nitrogens with zero attached hydrogens (tertiary/aromatic N) is 4. The topological polar surface area (TPSA) is 43.6 Å². The van der Waals surface area contributed by atoms with E-state index in [1.807, 2.05) is 36.4 Å². The van der Waals surface area contributed by atoms with Gasteiger partial charge in [0.05, 0.1) is 39.3 Å². The Hall–Kier alpha value is -6.65. The van der Waals surface area contributed by atoms with Crippen molar-refractivity contribution in [2.75, 3.05) is 0 Å². The molecule has 4 heteroatoms. The molecule has 0 aliphatic heterocycles. The molecule has 10 rings (SSSR count). The second-order valence-corrected chi connectivity index (χ2v) is 12.5. The molecule has 0 radical (unpaired) electrons. The lowest BCUT2D eigenvalue weighted by atomic mass is 10.0. The molecule has 0 saturated heterocycles. The lowest BCUT2D eigenvalue weighted by Crippen LogP contribution is -2.00. The third-order valence-corrected chi connectivity index (χ3v) is 9.58. The third kappa shape index (κ3) is 4.49. The summed E-state index contributed by atoms with van der Waals surface area (Å²) in [6, 6.07) is 59.7. The van der Waals surface area contributed by atoms with Crippen molar-refractivity contribution in [3.05, 3.63) is 170 Å². The van der Waals surface area contributed by atoms with Crippen LogP contribution in [0.1, 0.15) is 0 Å². The Morgan fingerprint density at radius 1 is 0.367 bits per heavy atom. The first-order chi connectivity index (χ1) is 24.3. The van der Waals surface area contributed by atoms with Gasteiger partial charge < -0.3 is 4.57 Å². The van der Waals surface area contributed by atoms with E-state index in [0.717, 1.165) is 55.6 Å². The van der Waals surface area contributed by atoms with Crippen molar-refractivity contribution < 1.29 is 0 Å². The highest BCUT2D eigenvalue weighted by atomic mass is 15.0. The number of para-hydroxylation sites is 2. The summed E-state index contributed by atoms with van der Waals surface area (Å²) in [4.78, 5) is 15.4. The quantitative estimate of drug-likeness (QED) is 0.196. The van der Waals surface area contributed by atoms with E-state index in [1.165, 1.54) is 32.6 Å². The summed E-state index contributed by atoms with van der Waals surface area (Å²) in [6.45, 7) is 0. The highest BCUT2D eigenvalue weighted by molar-refractivity contribution is 6.15. The fourth-order valence-electron chi connectivity index (χ4n) is 7.25. The van der Waals surface area contributed by atoms with E-state index in [2.05, 4.69) is 138 Å². The fourth-order valence-corrected chi connectivity index (χ4v) is 7.25. The standard InChI is InChI=1S/C45H28N4/c1-2-12-29(13-3-1)40-28-41(39-24-22-30-14-6-10-20-38(30)46-39)48-45(47-40)36-23-25-43(34-18-8-7-17-33(34)36)49-42-21-11-9-19-35(42)37-26-31-15-4-5-16-32(31)27-44(37)49/h1-28H. The smallest absolute Gasteiger partial charge is 0.161 e. The van der Waals surface area contributed by atoms with Crippen molar-refractivity contribution in [2.45, 2.75) is 0 Å². The molecule has 3 heterocycles. The van der Waals surface area contributed by atoms with Crippen molar-refractivity contribution in [2.24, 2.45) is 0 Å². The Kier molecular flexibility index (Phi) is 6.15. The number of pyridine rings is 1. The zero-order valence-corrected chi connectivity index (χ0v) is 26.5. The minimum absolute atomic E-state index is 0.669. The predicted octanol–water partition coefficient (Wildman–Crippen LogP) is 11.4. The first-order valence-corrected chi connectivity index (χ1v) is 16.5. The van der Waals surface area contributed by atoms with Gasteiger partial charge in [0.2, 0.25) is 0 Å². The second-order valence-electron chi connectivity index (χ2n) is 12.5. The lowest BCUT2D eigenvalue weighted by molar-refractivity contribution is 1.17. The van der Waals surface area contributed by atoms with Crippen LogP contribution in [-0.4, -0.2) is 19.5 Å². The van der Waals surface area contributed by atoms with Crippen LogP contribution in [0.25, 0.3) is 94.0 Å². The molecule has 10 aromatic rings. The van der Waals surface area contributed by atoms with Gasteiger partial charge in [-0.15, -0.1) is 0 Å². The molecular weight excluding hydrogens is 597 g/mol. The molecule has 49 heavy (non-hydrogen) atoms. The van der Waals surface area contributed by atoms with Crippen molar-refractivity contribution >= 4 is 54.3 Å². The highest BCUT2D eigenvalue weighted by Crippen LogP contribution is 2.39. The maximum absolute atomic E-state index is 5.20. The molecule has 7 aromatic carbocycles. The van der Waals surface area contributed by atoms with E-state index in [0.29, 0.717) is 5.82 Å². The van der Waals surface area contributed by atoms with E-state index in [-0.39, 0.29) is 0 Å². The number of rotatable bonds is 4. The number of aromatic nitrogens is 4. The third-order valence-electron chi connectivity index (χ3n) is 9.58. The highest BCUT2D eigenvalue weighted by Gasteiger charge is 2.19. The first-order valence-electron chi connectivity index (χ1n) is 16.5. The number of hydrogen-bond acceptors (Lipinski definition) is 3. The Bertz CT molecular complexity index is 2890. The van der Waals surface area contributed by atoms with Crippen LogP contribution in [0.5, 0.6) is 0 Å². The molecule has 4 nitrogen and oxygen atoms in total. The van der Waals surface area contributed by atoms with Gasteiger partial charge in [-0.3, -0.25) is 0 Å². The van der Waals surface area contributed by atoms with Gasteiger partial charge in [-0.05, 0) is 64.7 Å². The van der Waals surface area contributed by atoms with Crippen molar-refractivity contribution in [3.63, 3.8) is 0 Å². The van der Waals surface area contributed by atoms with E-state index in [9.17, 15) is 0 Å². The van der Waals surface area contributed by atoms with Crippen LogP contribution < -0.4 is 0 Å². The summed E-state index contributed by atoms with van der Waals surface area (Å²) in [5.74, 6) is 0.669. The van der Waals surface area contributed by atoms with Gasteiger partial charge in [0.25, 0.3) is 0 Å². The average Bonchev–Trinajstić information content (AvgIpc) is 3.49. The number of benzene rings is 7. The van der Waals surface area contributed by atoms with Crippen LogP contribution in [0.15, 0.2) is 170 Å². The van der Waals surface area contributed by atoms with Crippen molar-refractivity contribution in [3.8, 4) is 39.7 Å². The summed E-state index contributed by atoms with van der Waals surface area (Å²) >= 11 is 0. The summed E-state index contributed by atoms with van der Waals surface area (Å²) in [6.07, 6.45) is 0. The Balaban J connectivity index is 1.22. The predicted molar refractivity (Wildman–Crippen MR) is 203 cm³/mol. The minimum atomic E-state index is 0.669. The van der Waals surface area contributed by atoms with Crippen LogP contribution in [0.2, 0.25) is 0 Å². The largest absolute Gasteiger partial charge is 0.309 e. The van der Waals surface area contributed by atoms with Gasteiger partial charge in [-0.1, -0.05) is 121 Å². The molecule has 0 N–H and O–H groups in total. The van der Waals surface area contributed by atoms with Crippen LogP contribution in [0, 0.1) is 0 Å².